The molecule has 1 aliphatic heterocycles. The maximum atomic E-state index is 5.92. The van der Waals surface area contributed by atoms with E-state index in [-0.39, 0.29) is 0 Å². The average molecular weight is 198 g/mol. The minimum Gasteiger partial charge on any atom is -0.419 e. The van der Waals surface area contributed by atoms with Crippen molar-refractivity contribution >= 4 is 15.4 Å². The molecule has 0 saturated carbocycles. The van der Waals surface area contributed by atoms with Crippen LogP contribution in [-0.2, 0) is 4.43 Å². The summed E-state index contributed by atoms with van der Waals surface area (Å²) in [6.45, 7) is 13.5. The highest BCUT2D eigenvalue weighted by molar-refractivity contribution is 7.43. The van der Waals surface area contributed by atoms with E-state index in [1.807, 2.05) is 0 Å². The number of rotatable bonds is 2. The van der Waals surface area contributed by atoms with Gasteiger partial charge in [-0.25, -0.2) is 0 Å². The molecule has 0 radical (unpaired) electrons. The quantitative estimate of drug-likeness (QED) is 0.620. The van der Waals surface area contributed by atoms with E-state index < -0.39 is 15.4 Å². The topological polar surface area (TPSA) is 9.23 Å². The fourth-order valence-corrected chi connectivity index (χ4v) is 12.1. The lowest BCUT2D eigenvalue weighted by atomic mass is 10.5. The van der Waals surface area contributed by atoms with Gasteiger partial charge < -0.3 is 4.43 Å². The Bertz CT molecular complexity index is 191. The summed E-state index contributed by atoms with van der Waals surface area (Å²) in [4.78, 5) is 0. The van der Waals surface area contributed by atoms with E-state index in [1.165, 1.54) is 12.5 Å². The zero-order chi connectivity index (χ0) is 9.24. The molecule has 0 unspecified atom stereocenters. The van der Waals surface area contributed by atoms with Gasteiger partial charge in [0.15, 0.2) is 7.83 Å². The molecule has 1 fully saturated rings. The minimum absolute atomic E-state index is 0.954. The molecule has 68 valence electrons. The largest absolute Gasteiger partial charge is 0.419 e. The first-order valence-electron chi connectivity index (χ1n) is 4.49. The van der Waals surface area contributed by atoms with Gasteiger partial charge in [0.2, 0.25) is 0 Å². The Morgan fingerprint density at radius 2 is 1.83 bits per heavy atom. The molecule has 1 rings (SSSR count). The maximum absolute atomic E-state index is 5.92. The SMILES string of the molecule is C=C[Si]1(C=C)CCCO[Si]1(C)C. The van der Waals surface area contributed by atoms with Gasteiger partial charge in [-0.05, 0) is 25.6 Å². The van der Waals surface area contributed by atoms with Gasteiger partial charge in [-0.2, -0.15) is 0 Å². The van der Waals surface area contributed by atoms with Crippen LogP contribution in [0.1, 0.15) is 6.42 Å². The third-order valence-electron chi connectivity index (χ3n) is 3.05. The van der Waals surface area contributed by atoms with E-state index in [0.717, 1.165) is 6.61 Å². The predicted molar refractivity (Wildman–Crippen MR) is 59.0 cm³/mol. The molecule has 0 aromatic carbocycles. The van der Waals surface area contributed by atoms with E-state index in [2.05, 4.69) is 37.7 Å². The summed E-state index contributed by atoms with van der Waals surface area (Å²) in [7, 11) is -2.88. The zero-order valence-electron chi connectivity index (χ0n) is 8.10. The van der Waals surface area contributed by atoms with Crippen molar-refractivity contribution in [3.8, 4) is 0 Å². The first-order valence-corrected chi connectivity index (χ1v) is 10.8. The van der Waals surface area contributed by atoms with Gasteiger partial charge in [0, 0.05) is 6.61 Å². The number of hydrogen-bond acceptors (Lipinski definition) is 1. The first kappa shape index (κ1) is 9.96. The van der Waals surface area contributed by atoms with Crippen molar-refractivity contribution in [2.24, 2.45) is 0 Å². The lowest BCUT2D eigenvalue weighted by molar-refractivity contribution is 0.308. The fourth-order valence-electron chi connectivity index (χ4n) is 1.91. The van der Waals surface area contributed by atoms with Crippen LogP contribution in [0.3, 0.4) is 0 Å². The minimum atomic E-state index is -1.47. The Balaban J connectivity index is 2.96. The van der Waals surface area contributed by atoms with E-state index in [4.69, 9.17) is 4.43 Å². The van der Waals surface area contributed by atoms with E-state index in [9.17, 15) is 0 Å². The highest BCUT2D eigenvalue weighted by Gasteiger charge is 2.48. The summed E-state index contributed by atoms with van der Waals surface area (Å²) in [5.41, 5.74) is 4.34. The lowest BCUT2D eigenvalue weighted by Gasteiger charge is -2.42. The molecule has 3 heteroatoms. The second kappa shape index (κ2) is 3.32. The van der Waals surface area contributed by atoms with Crippen molar-refractivity contribution in [1.82, 2.24) is 0 Å². The van der Waals surface area contributed by atoms with Crippen LogP contribution in [0.15, 0.2) is 24.6 Å². The van der Waals surface area contributed by atoms with Crippen molar-refractivity contribution in [3.05, 3.63) is 24.6 Å². The molecule has 12 heavy (non-hydrogen) atoms. The van der Waals surface area contributed by atoms with Gasteiger partial charge in [0.05, 0.1) is 0 Å². The Hall–Kier alpha value is -0.126. The highest BCUT2D eigenvalue weighted by Crippen LogP contribution is 2.31. The smallest absolute Gasteiger partial charge is 0.183 e. The molecule has 0 aromatic heterocycles. The lowest BCUT2D eigenvalue weighted by Crippen LogP contribution is -2.61. The monoisotopic (exact) mass is 198 g/mol. The van der Waals surface area contributed by atoms with E-state index >= 15 is 0 Å². The van der Waals surface area contributed by atoms with Crippen LogP contribution in [0.2, 0.25) is 19.1 Å². The molecule has 1 saturated heterocycles. The normalized spacial score (nSPS) is 26.2. The summed E-state index contributed by atoms with van der Waals surface area (Å²) in [6.07, 6.45) is 1.20. The molecule has 0 atom stereocenters. The molecule has 1 aliphatic rings. The summed E-state index contributed by atoms with van der Waals surface area (Å²) in [6, 6.07) is 1.30. The molecule has 0 bridgehead atoms. The van der Waals surface area contributed by atoms with Gasteiger partial charge in [-0.3, -0.25) is 0 Å². The number of hydrogen-bond donors (Lipinski definition) is 0. The Morgan fingerprint density at radius 1 is 1.25 bits per heavy atom. The molecule has 0 aliphatic carbocycles. The Kier molecular flexibility index (Phi) is 2.75. The van der Waals surface area contributed by atoms with Crippen LogP contribution < -0.4 is 0 Å². The Labute approximate surface area is 77.1 Å². The molecular formula is C9H18OSi2. The van der Waals surface area contributed by atoms with Crippen molar-refractivity contribution in [3.63, 3.8) is 0 Å². The fraction of sp³-hybridized carbons (Fsp3) is 0.556. The average Bonchev–Trinajstić information content (AvgIpc) is 2.05. The van der Waals surface area contributed by atoms with Crippen LogP contribution in [0, 0.1) is 0 Å². The third-order valence-corrected chi connectivity index (χ3v) is 18.0. The van der Waals surface area contributed by atoms with Gasteiger partial charge in [0.25, 0.3) is 0 Å². The van der Waals surface area contributed by atoms with Gasteiger partial charge in [0.1, 0.15) is 7.59 Å². The van der Waals surface area contributed by atoms with Crippen LogP contribution in [0.25, 0.3) is 0 Å². The van der Waals surface area contributed by atoms with E-state index in [0.29, 0.717) is 0 Å². The second-order valence-electron chi connectivity index (χ2n) is 3.91. The van der Waals surface area contributed by atoms with Crippen molar-refractivity contribution < 1.29 is 4.43 Å². The predicted octanol–water partition coefficient (Wildman–Crippen LogP) is 2.59. The van der Waals surface area contributed by atoms with Crippen LogP contribution in [-0.4, -0.2) is 22.0 Å². The van der Waals surface area contributed by atoms with Crippen molar-refractivity contribution in [1.29, 1.82) is 0 Å². The van der Waals surface area contributed by atoms with Crippen LogP contribution in [0.4, 0.5) is 0 Å². The van der Waals surface area contributed by atoms with Crippen molar-refractivity contribution in [2.45, 2.75) is 25.6 Å². The molecule has 1 heterocycles. The van der Waals surface area contributed by atoms with Crippen molar-refractivity contribution in [2.75, 3.05) is 6.61 Å². The standard InChI is InChI=1S/C9H18OSi2/c1-5-12(6-2)9-7-8-10-11(12,3)4/h5-6H,1-2,7-9H2,3-4H3. The maximum Gasteiger partial charge on any atom is 0.183 e. The molecule has 0 amide bonds. The van der Waals surface area contributed by atoms with Gasteiger partial charge in [-0.1, -0.05) is 11.4 Å². The summed E-state index contributed by atoms with van der Waals surface area (Å²) >= 11 is 0. The van der Waals surface area contributed by atoms with Crippen LogP contribution >= 0.6 is 0 Å². The van der Waals surface area contributed by atoms with Gasteiger partial charge >= 0.3 is 0 Å². The summed E-state index contributed by atoms with van der Waals surface area (Å²) in [5.74, 6) is 0. The van der Waals surface area contributed by atoms with Crippen LogP contribution in [0.5, 0.6) is 0 Å². The molecule has 0 aromatic rings. The molecule has 0 spiro atoms. The second-order valence-corrected chi connectivity index (χ2v) is 17.0. The third kappa shape index (κ3) is 1.36. The molecule has 1 nitrogen and oxygen atoms in total. The van der Waals surface area contributed by atoms with E-state index in [1.54, 1.807) is 0 Å². The zero-order valence-corrected chi connectivity index (χ0v) is 10.1. The Morgan fingerprint density at radius 3 is 2.17 bits per heavy atom. The first-order chi connectivity index (χ1) is 5.58. The summed E-state index contributed by atoms with van der Waals surface area (Å²) in [5, 5.41) is 0. The van der Waals surface area contributed by atoms with Gasteiger partial charge in [-0.15, -0.1) is 13.2 Å². The molecular weight excluding hydrogens is 180 g/mol. The molecule has 0 N–H and O–H groups in total. The summed E-state index contributed by atoms with van der Waals surface area (Å²) < 4.78 is 5.92. The highest BCUT2D eigenvalue weighted by atomic mass is 29.3.